The Labute approximate surface area is 82.4 Å². The van der Waals surface area contributed by atoms with Gasteiger partial charge in [0.2, 0.25) is 0 Å². The van der Waals surface area contributed by atoms with Gasteiger partial charge in [0, 0.05) is 6.54 Å². The summed E-state index contributed by atoms with van der Waals surface area (Å²) in [4.78, 5) is 15.2. The van der Waals surface area contributed by atoms with Crippen molar-refractivity contribution < 1.29 is 9.53 Å². The zero-order valence-corrected chi connectivity index (χ0v) is 7.93. The van der Waals surface area contributed by atoms with E-state index in [1.54, 1.807) is 30.4 Å². The van der Waals surface area contributed by atoms with Crippen LogP contribution in [-0.4, -0.2) is 24.6 Å². The molecule has 1 rings (SSSR count). The molecular weight excluding hydrogens is 180 g/mol. The molecule has 0 saturated carbocycles. The summed E-state index contributed by atoms with van der Waals surface area (Å²) in [5, 5.41) is 0. The lowest BCUT2D eigenvalue weighted by Gasteiger charge is -1.98. The number of hydrogen-bond acceptors (Lipinski definition) is 4. The molecule has 1 aromatic rings. The smallest absolute Gasteiger partial charge is 0.356 e. The molecule has 0 aromatic carbocycles. The van der Waals surface area contributed by atoms with Crippen molar-refractivity contribution in [2.24, 2.45) is 5.73 Å². The molecule has 1 heterocycles. The normalized spacial score (nSPS) is 10.4. The van der Waals surface area contributed by atoms with Gasteiger partial charge in [0.05, 0.1) is 12.8 Å². The van der Waals surface area contributed by atoms with E-state index in [0.717, 1.165) is 0 Å². The monoisotopic (exact) mass is 192 g/mol. The number of carbonyl (C=O) groups excluding carboxylic acids is 1. The molecule has 1 aromatic heterocycles. The highest BCUT2D eigenvalue weighted by Gasteiger charge is 2.05. The van der Waals surface area contributed by atoms with Gasteiger partial charge in [-0.05, 0) is 18.2 Å². The first-order valence-electron chi connectivity index (χ1n) is 4.20. The minimum atomic E-state index is -0.437. The molecule has 0 spiro atoms. The van der Waals surface area contributed by atoms with E-state index >= 15 is 0 Å². The first-order chi connectivity index (χ1) is 6.77. The third kappa shape index (κ3) is 2.67. The van der Waals surface area contributed by atoms with Crippen LogP contribution in [0.1, 0.15) is 16.2 Å². The number of methoxy groups -OCH3 is 1. The maximum Gasteiger partial charge on any atom is 0.356 e. The Bertz CT molecular complexity index is 348. The zero-order valence-electron chi connectivity index (χ0n) is 7.93. The molecule has 0 fully saturated rings. The van der Waals surface area contributed by atoms with Crippen molar-refractivity contribution in [2.45, 2.75) is 0 Å². The molecule has 0 bridgehead atoms. The molecule has 0 aliphatic rings. The van der Waals surface area contributed by atoms with Crippen molar-refractivity contribution in [2.75, 3.05) is 13.7 Å². The van der Waals surface area contributed by atoms with E-state index < -0.39 is 5.97 Å². The van der Waals surface area contributed by atoms with Gasteiger partial charge < -0.3 is 10.5 Å². The second-order valence-corrected chi connectivity index (χ2v) is 2.58. The van der Waals surface area contributed by atoms with Crippen LogP contribution in [0.15, 0.2) is 24.3 Å². The van der Waals surface area contributed by atoms with Gasteiger partial charge in [-0.1, -0.05) is 12.1 Å². The van der Waals surface area contributed by atoms with E-state index in [-0.39, 0.29) is 0 Å². The molecule has 0 radical (unpaired) electrons. The quantitative estimate of drug-likeness (QED) is 0.721. The SMILES string of the molecule is COC(=O)c1cccc(C=CCN)n1. The molecule has 74 valence electrons. The summed E-state index contributed by atoms with van der Waals surface area (Å²) in [6.07, 6.45) is 3.52. The number of rotatable bonds is 3. The van der Waals surface area contributed by atoms with Crippen molar-refractivity contribution in [3.8, 4) is 0 Å². The van der Waals surface area contributed by atoms with E-state index in [9.17, 15) is 4.79 Å². The maximum absolute atomic E-state index is 11.1. The van der Waals surface area contributed by atoms with Crippen LogP contribution >= 0.6 is 0 Å². The highest BCUT2D eigenvalue weighted by molar-refractivity contribution is 5.87. The van der Waals surface area contributed by atoms with Crippen LogP contribution < -0.4 is 5.73 Å². The molecular formula is C10H12N2O2. The molecule has 14 heavy (non-hydrogen) atoms. The second-order valence-electron chi connectivity index (χ2n) is 2.58. The number of nitrogens with zero attached hydrogens (tertiary/aromatic N) is 1. The summed E-state index contributed by atoms with van der Waals surface area (Å²) in [7, 11) is 1.33. The summed E-state index contributed by atoms with van der Waals surface area (Å²) in [5.74, 6) is -0.437. The van der Waals surface area contributed by atoms with Crippen LogP contribution in [0.3, 0.4) is 0 Å². The average molecular weight is 192 g/mol. The van der Waals surface area contributed by atoms with Gasteiger partial charge in [-0.25, -0.2) is 9.78 Å². The Morgan fingerprint density at radius 3 is 3.07 bits per heavy atom. The highest BCUT2D eigenvalue weighted by atomic mass is 16.5. The number of esters is 1. The predicted molar refractivity (Wildman–Crippen MR) is 53.7 cm³/mol. The minimum absolute atomic E-state index is 0.298. The van der Waals surface area contributed by atoms with Gasteiger partial charge in [0.15, 0.2) is 0 Å². The number of nitrogens with two attached hydrogens (primary N) is 1. The molecule has 4 nitrogen and oxygen atoms in total. The lowest BCUT2D eigenvalue weighted by molar-refractivity contribution is 0.0594. The average Bonchev–Trinajstić information content (AvgIpc) is 2.25. The Kier molecular flexibility index (Phi) is 3.82. The molecule has 0 aliphatic heterocycles. The molecule has 0 aliphatic carbocycles. The van der Waals surface area contributed by atoms with Crippen LogP contribution in [0.5, 0.6) is 0 Å². The molecule has 2 N–H and O–H groups in total. The molecule has 4 heteroatoms. The van der Waals surface area contributed by atoms with E-state index in [1.807, 2.05) is 0 Å². The van der Waals surface area contributed by atoms with Crippen molar-refractivity contribution in [3.05, 3.63) is 35.7 Å². The van der Waals surface area contributed by atoms with Crippen LogP contribution in [0.25, 0.3) is 6.08 Å². The predicted octanol–water partition coefficient (Wildman–Crippen LogP) is 0.840. The maximum atomic E-state index is 11.1. The standard InChI is InChI=1S/C10H12N2O2/c1-14-10(13)9-6-2-4-8(12-9)5-3-7-11/h2-6H,7,11H2,1H3. The van der Waals surface area contributed by atoms with Gasteiger partial charge >= 0.3 is 5.97 Å². The Balaban J connectivity index is 2.89. The largest absolute Gasteiger partial charge is 0.464 e. The Morgan fingerprint density at radius 1 is 1.64 bits per heavy atom. The van der Waals surface area contributed by atoms with Crippen molar-refractivity contribution in [1.29, 1.82) is 0 Å². The van der Waals surface area contributed by atoms with E-state index in [4.69, 9.17) is 5.73 Å². The summed E-state index contributed by atoms with van der Waals surface area (Å²) < 4.78 is 4.55. The number of pyridine rings is 1. The van der Waals surface area contributed by atoms with Crippen LogP contribution in [0.2, 0.25) is 0 Å². The zero-order chi connectivity index (χ0) is 10.4. The van der Waals surface area contributed by atoms with Gasteiger partial charge in [0.1, 0.15) is 5.69 Å². The third-order valence-electron chi connectivity index (χ3n) is 1.59. The van der Waals surface area contributed by atoms with E-state index in [0.29, 0.717) is 17.9 Å². The van der Waals surface area contributed by atoms with Crippen LogP contribution in [-0.2, 0) is 4.74 Å². The topological polar surface area (TPSA) is 65.2 Å². The highest BCUT2D eigenvalue weighted by Crippen LogP contribution is 2.02. The molecule has 0 atom stereocenters. The Morgan fingerprint density at radius 2 is 2.43 bits per heavy atom. The van der Waals surface area contributed by atoms with Crippen molar-refractivity contribution in [3.63, 3.8) is 0 Å². The first-order valence-corrected chi connectivity index (χ1v) is 4.20. The van der Waals surface area contributed by atoms with Gasteiger partial charge in [-0.2, -0.15) is 0 Å². The number of hydrogen-bond donors (Lipinski definition) is 1. The summed E-state index contributed by atoms with van der Waals surface area (Å²) in [6.45, 7) is 0.449. The lowest BCUT2D eigenvalue weighted by Crippen LogP contribution is -2.04. The van der Waals surface area contributed by atoms with Gasteiger partial charge in [-0.15, -0.1) is 0 Å². The third-order valence-corrected chi connectivity index (χ3v) is 1.59. The fourth-order valence-electron chi connectivity index (χ4n) is 0.951. The summed E-state index contributed by atoms with van der Waals surface area (Å²) in [6, 6.07) is 5.14. The van der Waals surface area contributed by atoms with Crippen molar-refractivity contribution >= 4 is 12.0 Å². The van der Waals surface area contributed by atoms with Crippen molar-refractivity contribution in [1.82, 2.24) is 4.98 Å². The minimum Gasteiger partial charge on any atom is -0.464 e. The molecule has 0 amide bonds. The molecule has 0 unspecified atom stereocenters. The summed E-state index contributed by atoms with van der Waals surface area (Å²) in [5.41, 5.74) is 6.28. The van der Waals surface area contributed by atoms with Gasteiger partial charge in [0.25, 0.3) is 0 Å². The first kappa shape index (κ1) is 10.4. The number of ether oxygens (including phenoxy) is 1. The van der Waals surface area contributed by atoms with E-state index in [1.165, 1.54) is 7.11 Å². The second kappa shape index (κ2) is 5.14. The number of aromatic nitrogens is 1. The number of carbonyl (C=O) groups is 1. The van der Waals surface area contributed by atoms with Gasteiger partial charge in [-0.3, -0.25) is 0 Å². The summed E-state index contributed by atoms with van der Waals surface area (Å²) >= 11 is 0. The fourth-order valence-corrected chi connectivity index (χ4v) is 0.951. The van der Waals surface area contributed by atoms with E-state index in [2.05, 4.69) is 9.72 Å². The fraction of sp³-hybridized carbons (Fsp3) is 0.200. The van der Waals surface area contributed by atoms with Crippen LogP contribution in [0.4, 0.5) is 0 Å². The Hall–Kier alpha value is -1.68. The lowest BCUT2D eigenvalue weighted by atomic mass is 10.3. The molecule has 0 saturated heterocycles. The van der Waals surface area contributed by atoms with Crippen LogP contribution in [0, 0.1) is 0 Å².